The van der Waals surface area contributed by atoms with Gasteiger partial charge in [-0.1, -0.05) is 23.7 Å². The fraction of sp³-hybridized carbons (Fsp3) is 0.400. The second kappa shape index (κ2) is 6.95. The lowest BCUT2D eigenvalue weighted by molar-refractivity contribution is -0.287. The average molecular weight is 436 g/mol. The molecule has 0 saturated carbocycles. The van der Waals surface area contributed by atoms with Crippen molar-refractivity contribution in [3.63, 3.8) is 0 Å². The van der Waals surface area contributed by atoms with Crippen molar-refractivity contribution >= 4 is 28.9 Å². The molecule has 158 valence electrons. The Kier molecular flexibility index (Phi) is 4.48. The zero-order valence-electron chi connectivity index (χ0n) is 16.2. The van der Waals surface area contributed by atoms with Crippen molar-refractivity contribution in [3.05, 3.63) is 40.9 Å². The lowest BCUT2D eigenvalue weighted by Gasteiger charge is -2.44. The van der Waals surface area contributed by atoms with Crippen LogP contribution in [-0.2, 0) is 6.54 Å². The number of amidine groups is 1. The zero-order chi connectivity index (χ0) is 20.9. The summed E-state index contributed by atoms with van der Waals surface area (Å²) >= 11 is 6.10. The van der Waals surface area contributed by atoms with Crippen LogP contribution in [0.3, 0.4) is 0 Å². The van der Waals surface area contributed by atoms with E-state index in [0.717, 1.165) is 37.3 Å². The Morgan fingerprint density at radius 3 is 2.80 bits per heavy atom. The fourth-order valence-electron chi connectivity index (χ4n) is 3.97. The van der Waals surface area contributed by atoms with Gasteiger partial charge >= 0.3 is 6.29 Å². The van der Waals surface area contributed by atoms with E-state index < -0.39 is 11.8 Å². The summed E-state index contributed by atoms with van der Waals surface area (Å²) in [5, 5.41) is 7.54. The molecule has 10 heteroatoms. The number of hydrogen-bond acceptors (Lipinski definition) is 7. The van der Waals surface area contributed by atoms with Gasteiger partial charge in [-0.25, -0.2) is 4.99 Å². The molecule has 1 aromatic carbocycles. The summed E-state index contributed by atoms with van der Waals surface area (Å²) in [4.78, 5) is 11.2. The maximum absolute atomic E-state index is 13.5. The molecule has 1 saturated heterocycles. The molecule has 1 spiro atoms. The smallest absolute Gasteiger partial charge is 0.393 e. The summed E-state index contributed by atoms with van der Waals surface area (Å²) in [5.41, 5.74) is 0.970. The van der Waals surface area contributed by atoms with E-state index in [9.17, 15) is 8.78 Å². The molecule has 5 rings (SSSR count). The normalized spacial score (nSPS) is 21.0. The van der Waals surface area contributed by atoms with Gasteiger partial charge in [-0.2, -0.15) is 4.98 Å². The highest BCUT2D eigenvalue weighted by Gasteiger charge is 2.47. The highest BCUT2D eigenvalue weighted by molar-refractivity contribution is 6.30. The number of fused-ring (bicyclic) bond motifs is 2. The van der Waals surface area contributed by atoms with E-state index in [1.165, 1.54) is 6.07 Å². The third kappa shape index (κ3) is 3.52. The number of benzene rings is 1. The van der Waals surface area contributed by atoms with E-state index in [2.05, 4.69) is 37.0 Å². The van der Waals surface area contributed by atoms with Gasteiger partial charge in [0.1, 0.15) is 11.5 Å². The SMILES string of the molecule is CN1CCC2(CC1)Nc1nc3c(cc1N=C2NCc1cccc(Cl)c1)OC(F)(F)O3. The minimum absolute atomic E-state index is 0.127. The molecule has 2 N–H and O–H groups in total. The number of nitrogens with one attached hydrogen (secondary N) is 2. The van der Waals surface area contributed by atoms with Gasteiger partial charge in [0.15, 0.2) is 11.6 Å². The van der Waals surface area contributed by atoms with Crippen molar-refractivity contribution in [2.24, 2.45) is 4.99 Å². The lowest BCUT2D eigenvalue weighted by Crippen LogP contribution is -2.58. The third-order valence-electron chi connectivity index (χ3n) is 5.61. The summed E-state index contributed by atoms with van der Waals surface area (Å²) in [5.74, 6) is 0.793. The van der Waals surface area contributed by atoms with Crippen LogP contribution in [0, 0.1) is 0 Å². The molecule has 0 unspecified atom stereocenters. The molecule has 3 aliphatic rings. The van der Waals surface area contributed by atoms with E-state index in [0.29, 0.717) is 23.1 Å². The van der Waals surface area contributed by atoms with Crippen LogP contribution < -0.4 is 20.1 Å². The summed E-state index contributed by atoms with van der Waals surface area (Å²) in [6.45, 7) is 2.26. The van der Waals surface area contributed by atoms with Gasteiger partial charge in [-0.05, 0) is 37.6 Å². The molecule has 0 atom stereocenters. The second-order valence-electron chi connectivity index (χ2n) is 7.78. The highest BCUT2D eigenvalue weighted by atomic mass is 35.5. The molecule has 2 aromatic rings. The van der Waals surface area contributed by atoms with Crippen LogP contribution in [0.15, 0.2) is 35.3 Å². The number of anilines is 1. The van der Waals surface area contributed by atoms with Crippen LogP contribution in [0.25, 0.3) is 0 Å². The van der Waals surface area contributed by atoms with E-state index in [-0.39, 0.29) is 11.6 Å². The number of aliphatic imine (C=N–C) groups is 1. The first-order valence-electron chi connectivity index (χ1n) is 9.67. The summed E-state index contributed by atoms with van der Waals surface area (Å²) in [7, 11) is 2.07. The van der Waals surface area contributed by atoms with E-state index in [1.807, 2.05) is 24.3 Å². The monoisotopic (exact) mass is 435 g/mol. The first-order valence-corrected chi connectivity index (χ1v) is 10.0. The summed E-state index contributed by atoms with van der Waals surface area (Å²) < 4.78 is 36.0. The largest absolute Gasteiger partial charge is 0.587 e. The van der Waals surface area contributed by atoms with Crippen LogP contribution in [0.2, 0.25) is 5.02 Å². The standard InChI is InChI=1S/C20H20ClF2N5O2/c1-28-7-5-19(6-8-28)18(24-11-12-3-2-4-13(21)9-12)25-14-10-15-17(26-16(14)27-19)30-20(22,23)29-15/h2-4,9-10H,5-8,11H2,1H3,(H,24,25)(H,26,27). The fourth-order valence-corrected chi connectivity index (χ4v) is 4.18. The number of likely N-dealkylation sites (tertiary alicyclic amines) is 1. The lowest BCUT2D eigenvalue weighted by atomic mass is 9.84. The maximum Gasteiger partial charge on any atom is 0.587 e. The van der Waals surface area contributed by atoms with Gasteiger partial charge in [0.2, 0.25) is 0 Å². The predicted octanol–water partition coefficient (Wildman–Crippen LogP) is 3.77. The van der Waals surface area contributed by atoms with Gasteiger partial charge in [-0.15, -0.1) is 8.78 Å². The van der Waals surface area contributed by atoms with Crippen LogP contribution in [0.1, 0.15) is 18.4 Å². The first-order chi connectivity index (χ1) is 14.3. The van der Waals surface area contributed by atoms with Crippen LogP contribution in [0.4, 0.5) is 20.3 Å². The maximum atomic E-state index is 13.5. The van der Waals surface area contributed by atoms with Gasteiger partial charge in [0.25, 0.3) is 5.88 Å². The number of nitrogens with zero attached hydrogens (tertiary/aromatic N) is 3. The number of rotatable bonds is 2. The number of ether oxygens (including phenoxy) is 2. The van der Waals surface area contributed by atoms with Crippen LogP contribution in [0.5, 0.6) is 11.6 Å². The number of halogens is 3. The van der Waals surface area contributed by atoms with E-state index in [4.69, 9.17) is 16.6 Å². The molecule has 3 aliphatic heterocycles. The molecular weight excluding hydrogens is 416 g/mol. The number of pyridine rings is 1. The van der Waals surface area contributed by atoms with Crippen LogP contribution in [-0.4, -0.2) is 47.7 Å². The topological polar surface area (TPSA) is 71.0 Å². The Labute approximate surface area is 177 Å². The van der Waals surface area contributed by atoms with E-state index >= 15 is 0 Å². The number of piperidine rings is 1. The van der Waals surface area contributed by atoms with E-state index in [1.54, 1.807) is 0 Å². The minimum Gasteiger partial charge on any atom is -0.393 e. The Morgan fingerprint density at radius 2 is 2.03 bits per heavy atom. The highest BCUT2D eigenvalue weighted by Crippen LogP contribution is 2.46. The molecule has 0 aliphatic carbocycles. The molecular formula is C20H20ClF2N5O2. The zero-order valence-corrected chi connectivity index (χ0v) is 17.0. The molecule has 0 bridgehead atoms. The Balaban J connectivity index is 1.48. The third-order valence-corrected chi connectivity index (χ3v) is 5.85. The molecule has 1 aromatic heterocycles. The van der Waals surface area contributed by atoms with Crippen molar-refractivity contribution in [3.8, 4) is 11.6 Å². The Bertz CT molecular complexity index is 1020. The summed E-state index contributed by atoms with van der Waals surface area (Å²) in [6.07, 6.45) is -2.14. The molecule has 0 radical (unpaired) electrons. The second-order valence-corrected chi connectivity index (χ2v) is 8.22. The quantitative estimate of drug-likeness (QED) is 0.748. The van der Waals surface area contributed by atoms with Gasteiger partial charge in [0.05, 0.1) is 5.54 Å². The molecule has 4 heterocycles. The average Bonchev–Trinajstić information content (AvgIpc) is 2.99. The molecule has 1 fully saturated rings. The number of aromatic nitrogens is 1. The van der Waals surface area contributed by atoms with Crippen molar-refractivity contribution in [1.82, 2.24) is 15.2 Å². The van der Waals surface area contributed by atoms with Crippen LogP contribution >= 0.6 is 11.6 Å². The van der Waals surface area contributed by atoms with Gasteiger partial charge in [-0.3, -0.25) is 0 Å². The van der Waals surface area contributed by atoms with Crippen molar-refractivity contribution in [1.29, 1.82) is 0 Å². The van der Waals surface area contributed by atoms with Gasteiger partial charge in [0, 0.05) is 30.7 Å². The van der Waals surface area contributed by atoms with Crippen molar-refractivity contribution in [2.75, 3.05) is 25.5 Å². The predicted molar refractivity (Wildman–Crippen MR) is 109 cm³/mol. The van der Waals surface area contributed by atoms with Crippen molar-refractivity contribution < 1.29 is 18.3 Å². The first kappa shape index (κ1) is 19.3. The Hall–Kier alpha value is -2.65. The molecule has 0 amide bonds. The molecule has 7 nitrogen and oxygen atoms in total. The number of alkyl halides is 2. The molecule has 30 heavy (non-hydrogen) atoms. The summed E-state index contributed by atoms with van der Waals surface area (Å²) in [6, 6.07) is 9.01. The van der Waals surface area contributed by atoms with Gasteiger partial charge < -0.3 is 25.0 Å². The Morgan fingerprint density at radius 1 is 1.23 bits per heavy atom. The minimum atomic E-state index is -3.72. The van der Waals surface area contributed by atoms with Crippen molar-refractivity contribution in [2.45, 2.75) is 31.2 Å². The number of hydrogen-bond donors (Lipinski definition) is 2.